The van der Waals surface area contributed by atoms with Gasteiger partial charge >= 0.3 is 0 Å². The minimum Gasteiger partial charge on any atom is -0.383 e. The molecule has 0 heterocycles. The smallest absolute Gasteiger partial charge is 0.0589 e. The zero-order valence-electron chi connectivity index (χ0n) is 9.75. The summed E-state index contributed by atoms with van der Waals surface area (Å²) in [6, 6.07) is 0.651. The van der Waals surface area contributed by atoms with E-state index in [4.69, 9.17) is 11.2 Å². The molecule has 0 unspecified atom stereocenters. The van der Waals surface area contributed by atoms with Gasteiger partial charge in [0.25, 0.3) is 0 Å². The molecule has 82 valence electrons. The van der Waals surface area contributed by atoms with Gasteiger partial charge in [-0.25, -0.2) is 0 Å². The second-order valence-corrected chi connectivity index (χ2v) is 3.45. The van der Waals surface area contributed by atoms with Crippen molar-refractivity contribution in [2.24, 2.45) is 0 Å². The van der Waals surface area contributed by atoms with Crippen molar-refractivity contribution in [2.75, 3.05) is 26.8 Å². The molecule has 0 saturated carbocycles. The molecule has 2 heteroatoms. The number of methoxy groups -OCH3 is 1. The van der Waals surface area contributed by atoms with Crippen molar-refractivity contribution in [3.63, 3.8) is 0 Å². The van der Waals surface area contributed by atoms with Crippen molar-refractivity contribution in [1.29, 1.82) is 0 Å². The molecule has 0 rings (SSSR count). The van der Waals surface area contributed by atoms with Gasteiger partial charge in [-0.15, -0.1) is 12.3 Å². The standard InChI is InChI=1S/C12H23NO/c1-5-8-9-13(10-11-14-4)12(6-2)7-3/h1,12H,6-11H2,2-4H3. The van der Waals surface area contributed by atoms with Gasteiger partial charge in [0.1, 0.15) is 0 Å². The molecule has 0 bridgehead atoms. The Morgan fingerprint density at radius 2 is 1.93 bits per heavy atom. The second-order valence-electron chi connectivity index (χ2n) is 3.45. The van der Waals surface area contributed by atoms with Crippen LogP contribution in [0.15, 0.2) is 0 Å². The Morgan fingerprint density at radius 1 is 1.29 bits per heavy atom. The normalized spacial score (nSPS) is 10.9. The Morgan fingerprint density at radius 3 is 2.36 bits per heavy atom. The minimum atomic E-state index is 0.651. The number of rotatable bonds is 8. The van der Waals surface area contributed by atoms with Crippen LogP contribution in [-0.4, -0.2) is 37.7 Å². The molecule has 0 fully saturated rings. The maximum absolute atomic E-state index is 5.28. The lowest BCUT2D eigenvalue weighted by molar-refractivity contribution is 0.117. The summed E-state index contributed by atoms with van der Waals surface area (Å²) in [6.45, 7) is 7.23. The molecule has 14 heavy (non-hydrogen) atoms. The Labute approximate surface area is 88.6 Å². The highest BCUT2D eigenvalue weighted by atomic mass is 16.5. The Balaban J connectivity index is 4.00. The molecule has 0 saturated heterocycles. The summed E-state index contributed by atoms with van der Waals surface area (Å²) in [5.41, 5.74) is 0. The summed E-state index contributed by atoms with van der Waals surface area (Å²) < 4.78 is 5.10. The highest BCUT2D eigenvalue weighted by Crippen LogP contribution is 2.08. The number of hydrogen-bond acceptors (Lipinski definition) is 2. The first-order chi connectivity index (χ1) is 6.79. The average molecular weight is 197 g/mol. The zero-order valence-corrected chi connectivity index (χ0v) is 9.75. The van der Waals surface area contributed by atoms with E-state index in [-0.39, 0.29) is 0 Å². The monoisotopic (exact) mass is 197 g/mol. The van der Waals surface area contributed by atoms with Crippen molar-refractivity contribution < 1.29 is 4.74 Å². The highest BCUT2D eigenvalue weighted by Gasteiger charge is 2.13. The zero-order chi connectivity index (χ0) is 10.8. The first kappa shape index (κ1) is 13.5. The Kier molecular flexibility index (Phi) is 8.72. The fourth-order valence-corrected chi connectivity index (χ4v) is 1.70. The van der Waals surface area contributed by atoms with Crippen molar-refractivity contribution in [2.45, 2.75) is 39.2 Å². The third-order valence-electron chi connectivity index (χ3n) is 2.58. The van der Waals surface area contributed by atoms with E-state index in [1.165, 1.54) is 12.8 Å². The Hall–Kier alpha value is -0.520. The van der Waals surface area contributed by atoms with Crippen LogP contribution < -0.4 is 0 Å². The fourth-order valence-electron chi connectivity index (χ4n) is 1.70. The topological polar surface area (TPSA) is 12.5 Å². The van der Waals surface area contributed by atoms with E-state index in [1.807, 2.05) is 0 Å². The molecule has 0 atom stereocenters. The number of terminal acetylenes is 1. The summed E-state index contributed by atoms with van der Waals surface area (Å²) in [5, 5.41) is 0. The van der Waals surface area contributed by atoms with Crippen LogP contribution in [0.25, 0.3) is 0 Å². The van der Waals surface area contributed by atoms with Crippen molar-refractivity contribution in [1.82, 2.24) is 4.90 Å². The Bertz CT molecular complexity index is 158. The third-order valence-corrected chi connectivity index (χ3v) is 2.58. The summed E-state index contributed by atoms with van der Waals surface area (Å²) in [4.78, 5) is 2.43. The van der Waals surface area contributed by atoms with E-state index >= 15 is 0 Å². The summed E-state index contributed by atoms with van der Waals surface area (Å²) in [6.07, 6.45) is 8.48. The predicted octanol–water partition coefficient (Wildman–Crippen LogP) is 2.15. The van der Waals surface area contributed by atoms with Crippen LogP contribution in [0.1, 0.15) is 33.1 Å². The molecule has 0 aromatic heterocycles. The van der Waals surface area contributed by atoms with Gasteiger partial charge in [-0.05, 0) is 12.8 Å². The molecule has 2 nitrogen and oxygen atoms in total. The highest BCUT2D eigenvalue weighted by molar-refractivity contribution is 4.85. The largest absolute Gasteiger partial charge is 0.383 e. The summed E-state index contributed by atoms with van der Waals surface area (Å²) in [5.74, 6) is 2.70. The van der Waals surface area contributed by atoms with Gasteiger partial charge < -0.3 is 4.74 Å². The fraction of sp³-hybridized carbons (Fsp3) is 0.833. The lowest BCUT2D eigenvalue weighted by Gasteiger charge is -2.29. The number of hydrogen-bond donors (Lipinski definition) is 0. The lowest BCUT2D eigenvalue weighted by Crippen LogP contribution is -2.37. The van der Waals surface area contributed by atoms with Crippen molar-refractivity contribution in [3.8, 4) is 12.3 Å². The van der Waals surface area contributed by atoms with E-state index < -0.39 is 0 Å². The van der Waals surface area contributed by atoms with Gasteiger partial charge in [-0.1, -0.05) is 13.8 Å². The van der Waals surface area contributed by atoms with E-state index in [9.17, 15) is 0 Å². The van der Waals surface area contributed by atoms with E-state index in [2.05, 4.69) is 24.7 Å². The lowest BCUT2D eigenvalue weighted by atomic mass is 10.1. The van der Waals surface area contributed by atoms with Crippen LogP contribution in [0.4, 0.5) is 0 Å². The molecule has 0 aliphatic carbocycles. The molecule has 0 amide bonds. The summed E-state index contributed by atoms with van der Waals surface area (Å²) >= 11 is 0. The molecule has 0 aliphatic heterocycles. The van der Waals surface area contributed by atoms with Gasteiger partial charge in [-0.2, -0.15) is 0 Å². The maximum Gasteiger partial charge on any atom is 0.0589 e. The first-order valence-electron chi connectivity index (χ1n) is 5.46. The van der Waals surface area contributed by atoms with Gasteiger partial charge in [0, 0.05) is 32.7 Å². The molecule has 0 N–H and O–H groups in total. The minimum absolute atomic E-state index is 0.651. The van der Waals surface area contributed by atoms with Crippen LogP contribution in [-0.2, 0) is 4.74 Å². The quantitative estimate of drug-likeness (QED) is 0.553. The van der Waals surface area contributed by atoms with Crippen molar-refractivity contribution in [3.05, 3.63) is 0 Å². The molecular weight excluding hydrogens is 174 g/mol. The SMILES string of the molecule is C#CCCN(CCOC)C(CC)CC. The molecule has 0 spiro atoms. The molecule has 0 aliphatic rings. The predicted molar refractivity (Wildman–Crippen MR) is 61.3 cm³/mol. The summed E-state index contributed by atoms with van der Waals surface area (Å²) in [7, 11) is 1.74. The molecular formula is C12H23NO. The maximum atomic E-state index is 5.28. The first-order valence-corrected chi connectivity index (χ1v) is 5.46. The average Bonchev–Trinajstić information content (AvgIpc) is 2.22. The van der Waals surface area contributed by atoms with Crippen LogP contribution in [0.2, 0.25) is 0 Å². The number of nitrogens with zero attached hydrogens (tertiary/aromatic N) is 1. The van der Waals surface area contributed by atoms with Gasteiger partial charge in [0.15, 0.2) is 0 Å². The van der Waals surface area contributed by atoms with Crippen LogP contribution >= 0.6 is 0 Å². The van der Waals surface area contributed by atoms with Gasteiger partial charge in [-0.3, -0.25) is 4.90 Å². The molecule has 0 aromatic carbocycles. The van der Waals surface area contributed by atoms with Crippen LogP contribution in [0.5, 0.6) is 0 Å². The third kappa shape index (κ3) is 5.26. The second kappa shape index (κ2) is 9.05. The van der Waals surface area contributed by atoms with Gasteiger partial charge in [0.2, 0.25) is 0 Å². The van der Waals surface area contributed by atoms with E-state index in [0.29, 0.717) is 6.04 Å². The van der Waals surface area contributed by atoms with Crippen LogP contribution in [0.3, 0.4) is 0 Å². The van der Waals surface area contributed by atoms with Crippen molar-refractivity contribution >= 4 is 0 Å². The number of ether oxygens (including phenoxy) is 1. The van der Waals surface area contributed by atoms with Crippen LogP contribution in [0, 0.1) is 12.3 Å². The van der Waals surface area contributed by atoms with E-state index in [0.717, 1.165) is 26.1 Å². The van der Waals surface area contributed by atoms with E-state index in [1.54, 1.807) is 7.11 Å². The molecule has 0 aromatic rings. The van der Waals surface area contributed by atoms with Gasteiger partial charge in [0.05, 0.1) is 6.61 Å². The molecule has 0 radical (unpaired) electrons.